The van der Waals surface area contributed by atoms with E-state index in [1.807, 2.05) is 54.6 Å². The van der Waals surface area contributed by atoms with Crippen molar-refractivity contribution in [2.24, 2.45) is 0 Å². The fourth-order valence-corrected chi connectivity index (χ4v) is 3.42. The van der Waals surface area contributed by atoms with Crippen LogP contribution in [0, 0.1) is 0 Å². The van der Waals surface area contributed by atoms with E-state index in [1.165, 1.54) is 5.56 Å². The Kier molecular flexibility index (Phi) is 7.90. The van der Waals surface area contributed by atoms with Crippen molar-refractivity contribution in [1.82, 2.24) is 5.32 Å². The van der Waals surface area contributed by atoms with Gasteiger partial charge in [0.1, 0.15) is 18.1 Å². The van der Waals surface area contributed by atoms with Gasteiger partial charge < -0.3 is 15.2 Å². The summed E-state index contributed by atoms with van der Waals surface area (Å²) in [6.07, 6.45) is 2.76. The molecule has 3 aromatic carbocycles. The van der Waals surface area contributed by atoms with E-state index in [-0.39, 0.29) is 17.6 Å². The molecule has 2 N–H and O–H groups in total. The van der Waals surface area contributed by atoms with E-state index in [0.717, 1.165) is 29.7 Å². The molecule has 1 atom stereocenters. The summed E-state index contributed by atoms with van der Waals surface area (Å²) in [5.74, 6) is 0.701. The molecule has 4 nitrogen and oxygen atoms in total. The van der Waals surface area contributed by atoms with Gasteiger partial charge in [0.15, 0.2) is 0 Å². The number of carbonyl (C=O) groups excluding carboxylic acids is 1. The molecular weight excluding hydrogens is 374 g/mol. The first-order chi connectivity index (χ1) is 14.7. The third-order valence-corrected chi connectivity index (χ3v) is 5.03. The molecule has 3 rings (SSSR count). The minimum Gasteiger partial charge on any atom is -0.508 e. The molecule has 0 bridgehead atoms. The fraction of sp³-hybridized carbons (Fsp3) is 0.269. The van der Waals surface area contributed by atoms with E-state index in [2.05, 4.69) is 24.4 Å². The third kappa shape index (κ3) is 6.38. The molecule has 30 heavy (non-hydrogen) atoms. The minimum absolute atomic E-state index is 0.0313. The van der Waals surface area contributed by atoms with Crippen molar-refractivity contribution in [2.45, 2.75) is 32.1 Å². The number of nitrogens with one attached hydrogen (secondary N) is 1. The molecule has 3 aromatic rings. The summed E-state index contributed by atoms with van der Waals surface area (Å²) in [6.45, 7) is 3.02. The van der Waals surface area contributed by atoms with Gasteiger partial charge in [0.2, 0.25) is 5.91 Å². The molecule has 0 unspecified atom stereocenters. The summed E-state index contributed by atoms with van der Waals surface area (Å²) in [5, 5.41) is 12.5. The predicted molar refractivity (Wildman–Crippen MR) is 120 cm³/mol. The first kappa shape index (κ1) is 21.4. The van der Waals surface area contributed by atoms with Gasteiger partial charge in [0, 0.05) is 0 Å². The SMILES string of the molecule is CCCc1ccc(OCCNC(=O)[C@@H](Cc2ccc(O)cc2)c2ccccc2)cc1. The van der Waals surface area contributed by atoms with Crippen LogP contribution < -0.4 is 10.1 Å². The second-order valence-electron chi connectivity index (χ2n) is 7.37. The van der Waals surface area contributed by atoms with E-state index < -0.39 is 0 Å². The van der Waals surface area contributed by atoms with Crippen LogP contribution in [-0.4, -0.2) is 24.2 Å². The Bertz CT molecular complexity index is 905. The Morgan fingerprint density at radius 3 is 2.27 bits per heavy atom. The number of rotatable bonds is 10. The van der Waals surface area contributed by atoms with Gasteiger partial charge in [-0.25, -0.2) is 0 Å². The molecule has 0 radical (unpaired) electrons. The van der Waals surface area contributed by atoms with Crippen molar-refractivity contribution in [2.75, 3.05) is 13.2 Å². The molecule has 0 fully saturated rings. The largest absolute Gasteiger partial charge is 0.508 e. The fourth-order valence-electron chi connectivity index (χ4n) is 3.42. The average molecular weight is 404 g/mol. The van der Waals surface area contributed by atoms with E-state index in [0.29, 0.717) is 19.6 Å². The number of aryl methyl sites for hydroxylation is 1. The van der Waals surface area contributed by atoms with Crippen LogP contribution in [0.15, 0.2) is 78.9 Å². The number of amides is 1. The predicted octanol–water partition coefficient (Wildman–Crippen LogP) is 4.87. The Morgan fingerprint density at radius 1 is 0.933 bits per heavy atom. The number of hydrogen-bond acceptors (Lipinski definition) is 3. The number of carbonyl (C=O) groups is 1. The van der Waals surface area contributed by atoms with Gasteiger partial charge in [0.05, 0.1) is 12.5 Å². The quantitative estimate of drug-likeness (QED) is 0.475. The lowest BCUT2D eigenvalue weighted by molar-refractivity contribution is -0.122. The highest BCUT2D eigenvalue weighted by atomic mass is 16.5. The number of phenols is 1. The highest BCUT2D eigenvalue weighted by Gasteiger charge is 2.20. The zero-order chi connectivity index (χ0) is 21.2. The van der Waals surface area contributed by atoms with Gasteiger partial charge in [-0.1, -0.05) is 67.9 Å². The van der Waals surface area contributed by atoms with E-state index in [9.17, 15) is 9.90 Å². The van der Waals surface area contributed by atoms with Crippen LogP contribution in [0.3, 0.4) is 0 Å². The van der Waals surface area contributed by atoms with Crippen molar-refractivity contribution >= 4 is 5.91 Å². The summed E-state index contributed by atoms with van der Waals surface area (Å²) in [5.41, 5.74) is 3.27. The van der Waals surface area contributed by atoms with Gasteiger partial charge in [0.25, 0.3) is 0 Å². The van der Waals surface area contributed by atoms with Crippen LogP contribution in [0.1, 0.15) is 36.0 Å². The van der Waals surface area contributed by atoms with Gasteiger partial charge in [-0.2, -0.15) is 0 Å². The highest BCUT2D eigenvalue weighted by Crippen LogP contribution is 2.22. The Hall–Kier alpha value is -3.27. The van der Waals surface area contributed by atoms with Gasteiger partial charge in [-0.15, -0.1) is 0 Å². The van der Waals surface area contributed by atoms with Crippen LogP contribution in [0.4, 0.5) is 0 Å². The molecule has 1 amide bonds. The maximum Gasteiger partial charge on any atom is 0.227 e. The first-order valence-electron chi connectivity index (χ1n) is 10.5. The van der Waals surface area contributed by atoms with Crippen molar-refractivity contribution in [1.29, 1.82) is 0 Å². The number of phenolic OH excluding ortho intramolecular Hbond substituents is 1. The number of aromatic hydroxyl groups is 1. The number of benzene rings is 3. The smallest absolute Gasteiger partial charge is 0.227 e. The highest BCUT2D eigenvalue weighted by molar-refractivity contribution is 5.84. The molecule has 0 spiro atoms. The van der Waals surface area contributed by atoms with E-state index in [4.69, 9.17) is 4.74 Å². The van der Waals surface area contributed by atoms with Crippen LogP contribution in [-0.2, 0) is 17.6 Å². The molecule has 0 aromatic heterocycles. The van der Waals surface area contributed by atoms with Crippen LogP contribution in [0.25, 0.3) is 0 Å². The molecule has 0 aliphatic heterocycles. The zero-order valence-corrected chi connectivity index (χ0v) is 17.4. The molecule has 0 saturated carbocycles. The van der Waals surface area contributed by atoms with Gasteiger partial charge in [-0.3, -0.25) is 4.79 Å². The normalized spacial score (nSPS) is 11.6. The lowest BCUT2D eigenvalue weighted by Gasteiger charge is -2.18. The maximum atomic E-state index is 12.9. The number of hydrogen-bond donors (Lipinski definition) is 2. The van der Waals surface area contributed by atoms with Crippen molar-refractivity contribution in [3.05, 3.63) is 95.6 Å². The Labute approximate surface area is 178 Å². The van der Waals surface area contributed by atoms with E-state index in [1.54, 1.807) is 12.1 Å². The van der Waals surface area contributed by atoms with Gasteiger partial charge in [-0.05, 0) is 53.8 Å². The van der Waals surface area contributed by atoms with Crippen molar-refractivity contribution in [3.8, 4) is 11.5 Å². The summed E-state index contributed by atoms with van der Waals surface area (Å²) in [4.78, 5) is 12.9. The molecule has 0 saturated heterocycles. The Balaban J connectivity index is 1.55. The topological polar surface area (TPSA) is 58.6 Å². The first-order valence-corrected chi connectivity index (χ1v) is 10.5. The van der Waals surface area contributed by atoms with Crippen molar-refractivity contribution < 1.29 is 14.6 Å². The molecule has 0 heterocycles. The van der Waals surface area contributed by atoms with E-state index >= 15 is 0 Å². The third-order valence-electron chi connectivity index (χ3n) is 5.03. The summed E-state index contributed by atoms with van der Waals surface area (Å²) >= 11 is 0. The Morgan fingerprint density at radius 2 is 1.60 bits per heavy atom. The zero-order valence-electron chi connectivity index (χ0n) is 17.4. The van der Waals surface area contributed by atoms with Gasteiger partial charge >= 0.3 is 0 Å². The second-order valence-corrected chi connectivity index (χ2v) is 7.37. The standard InChI is InChI=1S/C26H29NO3/c1-2-6-20-11-15-24(16-12-20)30-18-17-27-26(29)25(22-7-4-3-5-8-22)19-21-9-13-23(28)14-10-21/h3-5,7-16,25,28H,2,6,17-19H2,1H3,(H,27,29)/t25-/m0/s1. The van der Waals surface area contributed by atoms with Crippen molar-refractivity contribution in [3.63, 3.8) is 0 Å². The lowest BCUT2D eigenvalue weighted by atomic mass is 9.91. The summed E-state index contributed by atoms with van der Waals surface area (Å²) in [7, 11) is 0. The molecule has 4 heteroatoms. The molecular formula is C26H29NO3. The average Bonchev–Trinajstić information content (AvgIpc) is 2.78. The molecule has 0 aliphatic rings. The molecule has 156 valence electrons. The number of ether oxygens (including phenoxy) is 1. The molecule has 0 aliphatic carbocycles. The van der Waals surface area contributed by atoms with Crippen LogP contribution in [0.2, 0.25) is 0 Å². The summed E-state index contributed by atoms with van der Waals surface area (Å²) in [6, 6.07) is 24.9. The maximum absolute atomic E-state index is 12.9. The minimum atomic E-state index is -0.302. The lowest BCUT2D eigenvalue weighted by Crippen LogP contribution is -2.33. The van der Waals surface area contributed by atoms with Crippen LogP contribution in [0.5, 0.6) is 11.5 Å². The van der Waals surface area contributed by atoms with Crippen LogP contribution >= 0.6 is 0 Å². The monoisotopic (exact) mass is 403 g/mol. The summed E-state index contributed by atoms with van der Waals surface area (Å²) < 4.78 is 5.76. The second kappa shape index (κ2) is 11.1.